The van der Waals surface area contributed by atoms with E-state index in [2.05, 4.69) is 0 Å². The predicted octanol–water partition coefficient (Wildman–Crippen LogP) is 2.53. The maximum absolute atomic E-state index is 12.4. The standard InChI is InChI=1S/C14H16O3S/c1-10-13(8-9-14(10)15)11(2)18(16,17)12-6-4-3-5-7-12/h3-7,11H,8-9H2,1-2H3. The zero-order chi connectivity index (χ0) is 13.3. The molecule has 0 saturated heterocycles. The SMILES string of the molecule is CC1=C(C(C)S(=O)(=O)c2ccccc2)CCC1=O. The van der Waals surface area contributed by atoms with Gasteiger partial charge in [-0.25, -0.2) is 8.42 Å². The summed E-state index contributed by atoms with van der Waals surface area (Å²) >= 11 is 0. The van der Waals surface area contributed by atoms with Crippen LogP contribution in [0.2, 0.25) is 0 Å². The normalized spacial score (nSPS) is 18.2. The molecule has 1 aliphatic carbocycles. The van der Waals surface area contributed by atoms with Gasteiger partial charge in [-0.2, -0.15) is 0 Å². The van der Waals surface area contributed by atoms with E-state index in [9.17, 15) is 13.2 Å². The molecule has 0 amide bonds. The second-order valence-electron chi connectivity index (χ2n) is 4.57. The molecule has 0 aliphatic heterocycles. The van der Waals surface area contributed by atoms with Gasteiger partial charge in [0.2, 0.25) is 0 Å². The largest absolute Gasteiger partial charge is 0.295 e. The summed E-state index contributed by atoms with van der Waals surface area (Å²) in [4.78, 5) is 11.8. The average Bonchev–Trinajstić information content (AvgIpc) is 2.70. The molecule has 0 aromatic heterocycles. The monoisotopic (exact) mass is 264 g/mol. The number of rotatable bonds is 3. The molecule has 3 nitrogen and oxygen atoms in total. The Morgan fingerprint density at radius 2 is 1.72 bits per heavy atom. The van der Waals surface area contributed by atoms with Gasteiger partial charge in [-0.1, -0.05) is 18.2 Å². The van der Waals surface area contributed by atoms with E-state index >= 15 is 0 Å². The minimum absolute atomic E-state index is 0.0695. The van der Waals surface area contributed by atoms with Crippen LogP contribution in [0.15, 0.2) is 46.4 Å². The first kappa shape index (κ1) is 13.0. The topological polar surface area (TPSA) is 51.2 Å². The number of Topliss-reactive ketones (excluding diaryl/α,β-unsaturated/α-hetero) is 1. The third-order valence-corrected chi connectivity index (χ3v) is 5.69. The molecule has 96 valence electrons. The molecule has 1 aliphatic rings. The van der Waals surface area contributed by atoms with Crippen molar-refractivity contribution in [3.05, 3.63) is 41.5 Å². The molecule has 1 aromatic carbocycles. The lowest BCUT2D eigenvalue weighted by atomic mass is 10.1. The van der Waals surface area contributed by atoms with Crippen LogP contribution in [0.5, 0.6) is 0 Å². The van der Waals surface area contributed by atoms with E-state index in [0.29, 0.717) is 23.3 Å². The van der Waals surface area contributed by atoms with Crippen LogP contribution in [-0.2, 0) is 14.6 Å². The molecular formula is C14H16O3S. The first-order valence-electron chi connectivity index (χ1n) is 5.96. The van der Waals surface area contributed by atoms with Gasteiger partial charge in [0.25, 0.3) is 0 Å². The molecule has 0 bridgehead atoms. The molecule has 0 fully saturated rings. The molecule has 18 heavy (non-hydrogen) atoms. The molecule has 0 spiro atoms. The summed E-state index contributed by atoms with van der Waals surface area (Å²) in [7, 11) is -3.39. The number of carbonyl (C=O) groups excluding carboxylic acids is 1. The summed E-state index contributed by atoms with van der Waals surface area (Å²) < 4.78 is 24.9. The van der Waals surface area contributed by atoms with Crippen molar-refractivity contribution in [3.8, 4) is 0 Å². The average molecular weight is 264 g/mol. The molecular weight excluding hydrogens is 248 g/mol. The number of ketones is 1. The fourth-order valence-corrected chi connectivity index (χ4v) is 3.93. The Bertz CT molecular complexity index is 597. The molecule has 2 rings (SSSR count). The lowest BCUT2D eigenvalue weighted by molar-refractivity contribution is -0.114. The van der Waals surface area contributed by atoms with Crippen LogP contribution < -0.4 is 0 Å². The quantitative estimate of drug-likeness (QED) is 0.843. The highest BCUT2D eigenvalue weighted by molar-refractivity contribution is 7.92. The minimum Gasteiger partial charge on any atom is -0.295 e. The van der Waals surface area contributed by atoms with Crippen molar-refractivity contribution in [2.45, 2.75) is 36.8 Å². The Balaban J connectivity index is 2.41. The van der Waals surface area contributed by atoms with Crippen molar-refractivity contribution in [1.29, 1.82) is 0 Å². The molecule has 1 aromatic rings. The predicted molar refractivity (Wildman–Crippen MR) is 70.0 cm³/mol. The van der Waals surface area contributed by atoms with Crippen LogP contribution in [0.4, 0.5) is 0 Å². The van der Waals surface area contributed by atoms with Gasteiger partial charge < -0.3 is 0 Å². The molecule has 1 unspecified atom stereocenters. The van der Waals surface area contributed by atoms with Crippen molar-refractivity contribution in [1.82, 2.24) is 0 Å². The molecule has 4 heteroatoms. The second-order valence-corrected chi connectivity index (χ2v) is 6.84. The Hall–Kier alpha value is -1.42. The van der Waals surface area contributed by atoms with Crippen molar-refractivity contribution in [2.24, 2.45) is 0 Å². The third kappa shape index (κ3) is 2.12. The minimum atomic E-state index is -3.39. The Labute approximate surface area is 107 Å². The van der Waals surface area contributed by atoms with E-state index in [-0.39, 0.29) is 5.78 Å². The summed E-state index contributed by atoms with van der Waals surface area (Å²) in [5, 5.41) is -0.619. The fourth-order valence-electron chi connectivity index (χ4n) is 2.31. The number of benzene rings is 1. The molecule has 0 N–H and O–H groups in total. The Kier molecular flexibility index (Phi) is 3.39. The summed E-state index contributed by atoms with van der Waals surface area (Å²) in [5.74, 6) is 0.0695. The van der Waals surface area contributed by atoms with E-state index in [4.69, 9.17) is 0 Å². The van der Waals surface area contributed by atoms with Gasteiger partial charge >= 0.3 is 0 Å². The zero-order valence-electron chi connectivity index (χ0n) is 10.5. The van der Waals surface area contributed by atoms with Crippen LogP contribution in [0, 0.1) is 0 Å². The maximum Gasteiger partial charge on any atom is 0.184 e. The first-order chi connectivity index (χ1) is 8.44. The molecule has 1 atom stereocenters. The van der Waals surface area contributed by atoms with E-state index in [1.165, 1.54) is 0 Å². The highest BCUT2D eigenvalue weighted by Crippen LogP contribution is 2.31. The highest BCUT2D eigenvalue weighted by atomic mass is 32.2. The van der Waals surface area contributed by atoms with Crippen molar-refractivity contribution in [3.63, 3.8) is 0 Å². The van der Waals surface area contributed by atoms with Crippen LogP contribution in [0.25, 0.3) is 0 Å². The Morgan fingerprint density at radius 3 is 2.22 bits per heavy atom. The van der Waals surface area contributed by atoms with Gasteiger partial charge in [-0.05, 0) is 43.5 Å². The van der Waals surface area contributed by atoms with Gasteiger partial charge in [-0.3, -0.25) is 4.79 Å². The number of carbonyl (C=O) groups is 1. The van der Waals surface area contributed by atoms with Gasteiger partial charge in [0, 0.05) is 6.42 Å². The molecule has 0 radical (unpaired) electrons. The van der Waals surface area contributed by atoms with Crippen molar-refractivity contribution in [2.75, 3.05) is 0 Å². The second kappa shape index (κ2) is 4.69. The van der Waals surface area contributed by atoms with Crippen LogP contribution in [0.3, 0.4) is 0 Å². The van der Waals surface area contributed by atoms with E-state index in [1.807, 2.05) is 0 Å². The van der Waals surface area contributed by atoms with E-state index in [1.54, 1.807) is 44.2 Å². The van der Waals surface area contributed by atoms with Crippen LogP contribution in [0.1, 0.15) is 26.7 Å². The zero-order valence-corrected chi connectivity index (χ0v) is 11.3. The van der Waals surface area contributed by atoms with E-state index in [0.717, 1.165) is 5.57 Å². The lowest BCUT2D eigenvalue weighted by Crippen LogP contribution is -2.20. The van der Waals surface area contributed by atoms with Crippen LogP contribution in [-0.4, -0.2) is 19.5 Å². The van der Waals surface area contributed by atoms with Crippen LogP contribution >= 0.6 is 0 Å². The molecule has 0 saturated carbocycles. The molecule has 0 heterocycles. The van der Waals surface area contributed by atoms with Gasteiger partial charge in [-0.15, -0.1) is 0 Å². The number of sulfone groups is 1. The smallest absolute Gasteiger partial charge is 0.184 e. The van der Waals surface area contributed by atoms with Gasteiger partial charge in [0.15, 0.2) is 15.6 Å². The fraction of sp³-hybridized carbons (Fsp3) is 0.357. The lowest BCUT2D eigenvalue weighted by Gasteiger charge is -2.15. The number of hydrogen-bond donors (Lipinski definition) is 0. The van der Waals surface area contributed by atoms with Crippen molar-refractivity contribution < 1.29 is 13.2 Å². The number of hydrogen-bond acceptors (Lipinski definition) is 3. The third-order valence-electron chi connectivity index (χ3n) is 3.55. The van der Waals surface area contributed by atoms with E-state index < -0.39 is 15.1 Å². The summed E-state index contributed by atoms with van der Waals surface area (Å²) in [5.41, 5.74) is 1.39. The summed E-state index contributed by atoms with van der Waals surface area (Å²) in [6, 6.07) is 8.39. The number of allylic oxidation sites excluding steroid dienone is 1. The first-order valence-corrected chi connectivity index (χ1v) is 7.51. The maximum atomic E-state index is 12.4. The van der Waals surface area contributed by atoms with Gasteiger partial charge in [0.1, 0.15) is 0 Å². The van der Waals surface area contributed by atoms with Gasteiger partial charge in [0.05, 0.1) is 10.1 Å². The Morgan fingerprint density at radius 1 is 1.11 bits per heavy atom. The summed E-state index contributed by atoms with van der Waals surface area (Å²) in [6.07, 6.45) is 1.01. The van der Waals surface area contributed by atoms with Crippen molar-refractivity contribution >= 4 is 15.6 Å². The summed E-state index contributed by atoms with van der Waals surface area (Å²) in [6.45, 7) is 3.39. The highest BCUT2D eigenvalue weighted by Gasteiger charge is 2.31.